The van der Waals surface area contributed by atoms with Crippen LogP contribution >= 0.6 is 11.6 Å². The molecule has 0 radical (unpaired) electrons. The zero-order valence-corrected chi connectivity index (χ0v) is 18.5. The smallest absolute Gasteiger partial charge is 0.410 e. The van der Waals surface area contributed by atoms with Gasteiger partial charge >= 0.3 is 6.09 Å². The molecule has 8 nitrogen and oxygen atoms in total. The minimum atomic E-state index is -4.06. The summed E-state index contributed by atoms with van der Waals surface area (Å²) in [6.45, 7) is 10.1. The number of carbonyl (C=O) groups is 1. The number of nitrogen functional groups attached to an aromatic ring is 1. The zero-order chi connectivity index (χ0) is 21.7. The van der Waals surface area contributed by atoms with Crippen molar-refractivity contribution in [1.82, 2.24) is 9.62 Å². The average molecular weight is 436 g/mol. The van der Waals surface area contributed by atoms with Crippen LogP contribution in [0.3, 0.4) is 0 Å². The van der Waals surface area contributed by atoms with Gasteiger partial charge in [-0.1, -0.05) is 25.4 Å². The quantitative estimate of drug-likeness (QED) is 0.494. The topological polar surface area (TPSA) is 122 Å². The molecular weight excluding hydrogens is 406 g/mol. The van der Waals surface area contributed by atoms with E-state index < -0.39 is 38.4 Å². The number of nitrogens with one attached hydrogen (secondary N) is 1. The van der Waals surface area contributed by atoms with Gasteiger partial charge in [0.05, 0.1) is 10.7 Å². The number of ether oxygens (including phenoxy) is 1. The van der Waals surface area contributed by atoms with Crippen LogP contribution in [-0.2, 0) is 14.8 Å². The van der Waals surface area contributed by atoms with Gasteiger partial charge < -0.3 is 20.5 Å². The van der Waals surface area contributed by atoms with Gasteiger partial charge in [0, 0.05) is 19.1 Å². The first-order valence-electron chi connectivity index (χ1n) is 9.18. The number of nitrogens with zero attached hydrogens (tertiary/aromatic N) is 1. The van der Waals surface area contributed by atoms with Gasteiger partial charge in [0.1, 0.15) is 10.5 Å². The van der Waals surface area contributed by atoms with Gasteiger partial charge in [0.25, 0.3) is 0 Å². The van der Waals surface area contributed by atoms with E-state index in [0.717, 1.165) is 0 Å². The van der Waals surface area contributed by atoms with Crippen LogP contribution in [-0.4, -0.2) is 49.2 Å². The minimum absolute atomic E-state index is 0.0745. The van der Waals surface area contributed by atoms with Crippen LogP contribution in [0.15, 0.2) is 17.0 Å². The number of rotatable bonds is 3. The number of phenolic OH excluding ortho intramolecular Hbond substituents is 1. The second-order valence-electron chi connectivity index (χ2n) is 7.18. The van der Waals surface area contributed by atoms with Crippen LogP contribution < -0.4 is 10.5 Å². The molecule has 1 aliphatic heterocycles. The lowest BCUT2D eigenvalue weighted by atomic mass is 10.1. The van der Waals surface area contributed by atoms with Crippen LogP contribution in [0.2, 0.25) is 5.02 Å². The third-order valence-corrected chi connectivity index (χ3v) is 5.87. The van der Waals surface area contributed by atoms with Crippen molar-refractivity contribution in [2.75, 3.05) is 18.8 Å². The Bertz CT molecular complexity index is 785. The van der Waals surface area contributed by atoms with Gasteiger partial charge in [-0.2, -0.15) is 0 Å². The molecule has 28 heavy (non-hydrogen) atoms. The molecule has 1 aromatic rings. The maximum absolute atomic E-state index is 12.6. The fraction of sp³-hybridized carbons (Fsp3) is 0.611. The second kappa shape index (κ2) is 9.67. The van der Waals surface area contributed by atoms with Crippen LogP contribution in [0.1, 0.15) is 47.5 Å². The number of likely N-dealkylation sites (tertiary alicyclic amines) is 1. The van der Waals surface area contributed by atoms with Crippen molar-refractivity contribution in [3.8, 4) is 5.75 Å². The highest BCUT2D eigenvalue weighted by molar-refractivity contribution is 7.89. The summed E-state index contributed by atoms with van der Waals surface area (Å²) in [6, 6.07) is 2.25. The molecule has 1 heterocycles. The summed E-state index contributed by atoms with van der Waals surface area (Å²) >= 11 is 5.93. The Morgan fingerprint density at radius 2 is 1.82 bits per heavy atom. The molecule has 0 aliphatic carbocycles. The van der Waals surface area contributed by atoms with Gasteiger partial charge in [-0.25, -0.2) is 17.9 Å². The van der Waals surface area contributed by atoms with E-state index in [-0.39, 0.29) is 10.7 Å². The summed E-state index contributed by atoms with van der Waals surface area (Å²) in [4.78, 5) is 13.2. The Kier molecular flexibility index (Phi) is 8.40. The lowest BCUT2D eigenvalue weighted by molar-refractivity contribution is 0.0203. The molecule has 0 spiro atoms. The molecule has 1 aromatic carbocycles. The zero-order valence-electron chi connectivity index (χ0n) is 17.0. The Morgan fingerprint density at radius 1 is 1.29 bits per heavy atom. The maximum atomic E-state index is 12.6. The summed E-state index contributed by atoms with van der Waals surface area (Å²) in [5.41, 5.74) is 4.90. The maximum Gasteiger partial charge on any atom is 0.410 e. The monoisotopic (exact) mass is 435 g/mol. The average Bonchev–Trinajstić information content (AvgIpc) is 2.59. The number of halogens is 1. The number of phenols is 1. The fourth-order valence-electron chi connectivity index (χ4n) is 2.60. The number of carbonyl (C=O) groups excluding carboxylic acids is 1. The van der Waals surface area contributed by atoms with E-state index in [1.54, 1.807) is 25.7 Å². The van der Waals surface area contributed by atoms with Crippen LogP contribution in [0.25, 0.3) is 0 Å². The first-order chi connectivity index (χ1) is 12.9. The van der Waals surface area contributed by atoms with Crippen molar-refractivity contribution in [2.24, 2.45) is 0 Å². The third-order valence-electron chi connectivity index (χ3n) is 3.85. The normalized spacial score (nSPS) is 15.6. The highest BCUT2D eigenvalue weighted by atomic mass is 35.5. The highest BCUT2D eigenvalue weighted by Gasteiger charge is 2.31. The van der Waals surface area contributed by atoms with Crippen molar-refractivity contribution in [3.05, 3.63) is 17.2 Å². The van der Waals surface area contributed by atoms with Crippen LogP contribution in [0, 0.1) is 0 Å². The van der Waals surface area contributed by atoms with Crippen molar-refractivity contribution in [3.63, 3.8) is 0 Å². The number of benzene rings is 1. The second-order valence-corrected chi connectivity index (χ2v) is 9.24. The molecule has 0 unspecified atom stereocenters. The van der Waals surface area contributed by atoms with Crippen molar-refractivity contribution in [1.29, 1.82) is 0 Å². The summed E-state index contributed by atoms with van der Waals surface area (Å²) in [7, 11) is -4.06. The summed E-state index contributed by atoms with van der Waals surface area (Å²) in [6.07, 6.45) is 0.411. The highest BCUT2D eigenvalue weighted by Crippen LogP contribution is 2.35. The number of hydrogen-bond acceptors (Lipinski definition) is 6. The van der Waals surface area contributed by atoms with Crippen molar-refractivity contribution < 1.29 is 23.1 Å². The molecule has 1 saturated heterocycles. The van der Waals surface area contributed by atoms with E-state index in [4.69, 9.17) is 22.1 Å². The first kappa shape index (κ1) is 24.3. The molecule has 4 N–H and O–H groups in total. The number of piperidine rings is 1. The third kappa shape index (κ3) is 6.42. The Balaban J connectivity index is 0.00000190. The SMILES string of the molecule is CC.CC(C)(C)OC(=O)N1CCC(NS(=O)(=O)c2c(Cl)ccc(N)c2O)CC1. The van der Waals surface area contributed by atoms with Gasteiger partial charge in [-0.15, -0.1) is 0 Å². The fourth-order valence-corrected chi connectivity index (χ4v) is 4.55. The van der Waals surface area contributed by atoms with E-state index in [2.05, 4.69) is 4.72 Å². The number of sulfonamides is 1. The molecule has 1 fully saturated rings. The summed E-state index contributed by atoms with van der Waals surface area (Å²) < 4.78 is 33.0. The molecule has 1 amide bonds. The molecule has 10 heteroatoms. The number of aromatic hydroxyl groups is 1. The van der Waals surface area contributed by atoms with Gasteiger partial charge in [-0.05, 0) is 45.7 Å². The largest absolute Gasteiger partial charge is 0.504 e. The lowest BCUT2D eigenvalue weighted by Gasteiger charge is -2.33. The standard InChI is InChI=1S/C16H24ClN3O5S.C2H6/c1-16(2,3)25-15(22)20-8-6-10(7-9-20)19-26(23,24)14-11(17)4-5-12(18)13(14)21;1-2/h4-5,10,19,21H,6-9,18H2,1-3H3;1-2H3. The number of amides is 1. The minimum Gasteiger partial charge on any atom is -0.504 e. The number of hydrogen-bond donors (Lipinski definition) is 3. The first-order valence-corrected chi connectivity index (χ1v) is 11.0. The molecule has 0 bridgehead atoms. The van der Waals surface area contributed by atoms with Gasteiger partial charge in [-0.3, -0.25) is 0 Å². The van der Waals surface area contributed by atoms with Crippen molar-refractivity contribution >= 4 is 33.4 Å². The molecular formula is C18H30ClN3O5S. The molecule has 0 atom stereocenters. The Hall–Kier alpha value is -1.71. The number of nitrogens with two attached hydrogens (primary N) is 1. The lowest BCUT2D eigenvalue weighted by Crippen LogP contribution is -2.47. The van der Waals surface area contributed by atoms with Crippen LogP contribution in [0.5, 0.6) is 5.75 Å². The Labute approximate surface area is 172 Å². The summed E-state index contributed by atoms with van der Waals surface area (Å²) in [5, 5.41) is 9.85. The predicted octanol–water partition coefficient (Wildman–Crippen LogP) is 3.33. The molecule has 160 valence electrons. The van der Waals surface area contributed by atoms with E-state index in [9.17, 15) is 18.3 Å². The van der Waals surface area contributed by atoms with Gasteiger partial charge in [0.2, 0.25) is 10.0 Å². The molecule has 1 aliphatic rings. The Morgan fingerprint density at radius 3 is 2.32 bits per heavy atom. The predicted molar refractivity (Wildman–Crippen MR) is 110 cm³/mol. The van der Waals surface area contributed by atoms with Crippen LogP contribution in [0.4, 0.5) is 10.5 Å². The van der Waals surface area contributed by atoms with E-state index in [0.29, 0.717) is 25.9 Å². The summed E-state index contributed by atoms with van der Waals surface area (Å²) in [5.74, 6) is -0.573. The molecule has 0 saturated carbocycles. The van der Waals surface area contributed by atoms with Crippen molar-refractivity contribution in [2.45, 2.75) is 64.0 Å². The van der Waals surface area contributed by atoms with Gasteiger partial charge in [0.15, 0.2) is 5.75 Å². The van der Waals surface area contributed by atoms with E-state index in [1.807, 2.05) is 13.8 Å². The number of anilines is 1. The molecule has 0 aromatic heterocycles. The molecule has 2 rings (SSSR count). The van der Waals surface area contributed by atoms with E-state index in [1.165, 1.54) is 12.1 Å². The van der Waals surface area contributed by atoms with E-state index >= 15 is 0 Å².